The summed E-state index contributed by atoms with van der Waals surface area (Å²) < 4.78 is 2.35. The van der Waals surface area contributed by atoms with Crippen LogP contribution >= 0.6 is 0 Å². The molecule has 0 amide bonds. The van der Waals surface area contributed by atoms with Gasteiger partial charge in [-0.25, -0.2) is 0 Å². The molecule has 0 fully saturated rings. The van der Waals surface area contributed by atoms with Crippen molar-refractivity contribution in [3.05, 3.63) is 36.0 Å². The quantitative estimate of drug-likeness (QED) is 0.791. The van der Waals surface area contributed by atoms with Crippen molar-refractivity contribution in [2.24, 2.45) is 0 Å². The van der Waals surface area contributed by atoms with E-state index in [0.29, 0.717) is 6.04 Å². The molecule has 0 atom stereocenters. The zero-order valence-electron chi connectivity index (χ0n) is 9.53. The number of benzene rings is 1. The molecule has 80 valence electrons. The summed E-state index contributed by atoms with van der Waals surface area (Å²) in [5.74, 6) is 0. The molecule has 0 spiro atoms. The predicted octanol–water partition coefficient (Wildman–Crippen LogP) is 2.01. The Hall–Kier alpha value is -1.28. The molecule has 1 heterocycles. The Morgan fingerprint density at radius 2 is 2.00 bits per heavy atom. The van der Waals surface area contributed by atoms with Crippen LogP contribution in [0.2, 0.25) is 0 Å². The summed E-state index contributed by atoms with van der Waals surface area (Å²) >= 11 is 0. The van der Waals surface area contributed by atoms with E-state index in [4.69, 9.17) is 0 Å². The van der Waals surface area contributed by atoms with Gasteiger partial charge in [-0.05, 0) is 25.5 Å². The van der Waals surface area contributed by atoms with E-state index in [1.807, 2.05) is 0 Å². The summed E-state index contributed by atoms with van der Waals surface area (Å²) in [7, 11) is 0. The first-order valence-electron chi connectivity index (χ1n) is 5.61. The highest BCUT2D eigenvalue weighted by Gasteiger charge is 2.09. The Kier molecular flexibility index (Phi) is 2.78. The number of quaternary nitrogens is 1. The van der Waals surface area contributed by atoms with Crippen molar-refractivity contribution < 1.29 is 5.73 Å². The lowest BCUT2D eigenvalue weighted by atomic mass is 10.1. The minimum Gasteiger partial charge on any atom is -0.357 e. The fraction of sp³-hybridized carbons (Fsp3) is 0.385. The zero-order chi connectivity index (χ0) is 10.8. The van der Waals surface area contributed by atoms with Gasteiger partial charge in [-0.3, -0.25) is 0 Å². The van der Waals surface area contributed by atoms with Gasteiger partial charge in [0, 0.05) is 29.6 Å². The van der Waals surface area contributed by atoms with Gasteiger partial charge < -0.3 is 10.3 Å². The van der Waals surface area contributed by atoms with Crippen LogP contribution in [0.25, 0.3) is 10.9 Å². The number of aromatic nitrogens is 1. The molecule has 3 N–H and O–H groups in total. The summed E-state index contributed by atoms with van der Waals surface area (Å²) in [6, 6.07) is 9.14. The summed E-state index contributed by atoms with van der Waals surface area (Å²) in [5, 5.41) is 1.38. The molecule has 2 aromatic rings. The first-order valence-corrected chi connectivity index (χ1v) is 5.61. The SMILES string of the molecule is CC(C)n1cc(CC[NH3+])c2ccccc21. The maximum atomic E-state index is 3.93. The molecule has 0 aliphatic heterocycles. The third kappa shape index (κ3) is 1.77. The van der Waals surface area contributed by atoms with Gasteiger partial charge in [0.15, 0.2) is 0 Å². The Bertz CT molecular complexity index is 455. The molecule has 0 bridgehead atoms. The molecule has 1 aromatic heterocycles. The fourth-order valence-corrected chi connectivity index (χ4v) is 2.09. The van der Waals surface area contributed by atoms with Gasteiger partial charge in [0.25, 0.3) is 0 Å². The monoisotopic (exact) mass is 203 g/mol. The van der Waals surface area contributed by atoms with Crippen LogP contribution in [0.4, 0.5) is 0 Å². The smallest absolute Gasteiger partial charge is 0.0781 e. The van der Waals surface area contributed by atoms with E-state index in [1.165, 1.54) is 16.5 Å². The van der Waals surface area contributed by atoms with Crippen molar-refractivity contribution in [3.63, 3.8) is 0 Å². The van der Waals surface area contributed by atoms with Gasteiger partial charge in [0.1, 0.15) is 0 Å². The average molecular weight is 203 g/mol. The largest absolute Gasteiger partial charge is 0.357 e. The molecule has 0 radical (unpaired) electrons. The second-order valence-electron chi connectivity index (χ2n) is 4.28. The molecule has 2 nitrogen and oxygen atoms in total. The third-order valence-electron chi connectivity index (χ3n) is 2.83. The molecule has 15 heavy (non-hydrogen) atoms. The van der Waals surface area contributed by atoms with Crippen LogP contribution in [0.5, 0.6) is 0 Å². The molecular weight excluding hydrogens is 184 g/mol. The lowest BCUT2D eigenvalue weighted by Crippen LogP contribution is -2.51. The fourth-order valence-electron chi connectivity index (χ4n) is 2.09. The highest BCUT2D eigenvalue weighted by Crippen LogP contribution is 2.24. The summed E-state index contributed by atoms with van der Waals surface area (Å²) in [6.07, 6.45) is 3.35. The molecule has 0 aliphatic rings. The molecule has 2 heteroatoms. The molecule has 2 rings (SSSR count). The lowest BCUT2D eigenvalue weighted by Gasteiger charge is -2.08. The van der Waals surface area contributed by atoms with Crippen LogP contribution in [0, 0.1) is 0 Å². The van der Waals surface area contributed by atoms with E-state index in [2.05, 4.69) is 54.6 Å². The number of fused-ring (bicyclic) bond motifs is 1. The van der Waals surface area contributed by atoms with Crippen molar-refractivity contribution in [1.82, 2.24) is 4.57 Å². The topological polar surface area (TPSA) is 32.6 Å². The Balaban J connectivity index is 2.62. The van der Waals surface area contributed by atoms with Gasteiger partial charge in [0.2, 0.25) is 0 Å². The number of nitrogens with zero attached hydrogens (tertiary/aromatic N) is 1. The number of hydrogen-bond acceptors (Lipinski definition) is 0. The van der Waals surface area contributed by atoms with Crippen LogP contribution in [-0.4, -0.2) is 11.1 Å². The Labute approximate surface area is 90.7 Å². The molecule has 0 saturated carbocycles. The number of hydrogen-bond donors (Lipinski definition) is 1. The molecule has 0 unspecified atom stereocenters. The van der Waals surface area contributed by atoms with E-state index in [-0.39, 0.29) is 0 Å². The molecular formula is C13H19N2+. The van der Waals surface area contributed by atoms with Crippen LogP contribution in [0.15, 0.2) is 30.5 Å². The van der Waals surface area contributed by atoms with Crippen molar-refractivity contribution >= 4 is 10.9 Å². The average Bonchev–Trinajstić information content (AvgIpc) is 2.59. The maximum Gasteiger partial charge on any atom is 0.0781 e. The molecule has 0 aliphatic carbocycles. The first kappa shape index (κ1) is 10.2. The van der Waals surface area contributed by atoms with Gasteiger partial charge in [-0.2, -0.15) is 0 Å². The van der Waals surface area contributed by atoms with Crippen molar-refractivity contribution in [3.8, 4) is 0 Å². The summed E-state index contributed by atoms with van der Waals surface area (Å²) in [4.78, 5) is 0. The number of rotatable bonds is 3. The van der Waals surface area contributed by atoms with Gasteiger partial charge in [-0.15, -0.1) is 0 Å². The van der Waals surface area contributed by atoms with E-state index in [1.54, 1.807) is 0 Å². The standard InChI is InChI=1S/C13H18N2/c1-10(2)15-9-11(7-8-14)12-5-3-4-6-13(12)15/h3-6,9-10H,7-8,14H2,1-2H3/p+1. The van der Waals surface area contributed by atoms with Gasteiger partial charge >= 0.3 is 0 Å². The first-order chi connectivity index (χ1) is 7.24. The van der Waals surface area contributed by atoms with Gasteiger partial charge in [0.05, 0.1) is 6.54 Å². The van der Waals surface area contributed by atoms with Gasteiger partial charge in [-0.1, -0.05) is 18.2 Å². The Morgan fingerprint density at radius 1 is 1.27 bits per heavy atom. The maximum absolute atomic E-state index is 3.93. The zero-order valence-corrected chi connectivity index (χ0v) is 9.53. The highest BCUT2D eigenvalue weighted by molar-refractivity contribution is 5.84. The second kappa shape index (κ2) is 4.07. The van der Waals surface area contributed by atoms with Crippen LogP contribution < -0.4 is 5.73 Å². The lowest BCUT2D eigenvalue weighted by molar-refractivity contribution is -0.366. The normalized spacial score (nSPS) is 11.5. The summed E-state index contributed by atoms with van der Waals surface area (Å²) in [6.45, 7) is 5.41. The Morgan fingerprint density at radius 3 is 2.67 bits per heavy atom. The summed E-state index contributed by atoms with van der Waals surface area (Å²) in [5.41, 5.74) is 6.70. The van der Waals surface area contributed by atoms with E-state index >= 15 is 0 Å². The predicted molar refractivity (Wildman–Crippen MR) is 63.8 cm³/mol. The van der Waals surface area contributed by atoms with Crippen molar-refractivity contribution in [1.29, 1.82) is 0 Å². The van der Waals surface area contributed by atoms with Crippen LogP contribution in [0.1, 0.15) is 25.5 Å². The van der Waals surface area contributed by atoms with E-state index in [9.17, 15) is 0 Å². The number of para-hydroxylation sites is 1. The minimum atomic E-state index is 0.522. The molecule has 1 aromatic carbocycles. The third-order valence-corrected chi connectivity index (χ3v) is 2.83. The van der Waals surface area contributed by atoms with Crippen molar-refractivity contribution in [2.75, 3.05) is 6.54 Å². The minimum absolute atomic E-state index is 0.522. The molecule has 0 saturated heterocycles. The second-order valence-corrected chi connectivity index (χ2v) is 4.28. The van der Waals surface area contributed by atoms with Crippen molar-refractivity contribution in [2.45, 2.75) is 26.3 Å². The van der Waals surface area contributed by atoms with Crippen LogP contribution in [0.3, 0.4) is 0 Å². The van der Waals surface area contributed by atoms with E-state index in [0.717, 1.165) is 13.0 Å². The highest BCUT2D eigenvalue weighted by atomic mass is 15.0. The van der Waals surface area contributed by atoms with Crippen LogP contribution in [-0.2, 0) is 6.42 Å². The van der Waals surface area contributed by atoms with E-state index < -0.39 is 0 Å².